The van der Waals surface area contributed by atoms with E-state index in [4.69, 9.17) is 4.74 Å². The fourth-order valence-electron chi connectivity index (χ4n) is 2.70. The first-order valence-electron chi connectivity index (χ1n) is 7.23. The van der Waals surface area contributed by atoms with Gasteiger partial charge < -0.3 is 15.2 Å². The summed E-state index contributed by atoms with van der Waals surface area (Å²) >= 11 is 0. The standard InChI is InChI=1S/C17H21NO2/c1-20-16-9-8-13-4-2-3-5-14(13)17(16)15(11-19)18-10-12-6-7-12/h2-5,8-9,12,15,18-19H,6-7,10-11H2,1H3. The Morgan fingerprint density at radius 3 is 2.75 bits per heavy atom. The molecule has 0 spiro atoms. The first-order chi connectivity index (χ1) is 9.83. The molecule has 0 bridgehead atoms. The molecule has 1 unspecified atom stereocenters. The minimum Gasteiger partial charge on any atom is -0.496 e. The number of benzene rings is 2. The summed E-state index contributed by atoms with van der Waals surface area (Å²) in [6.07, 6.45) is 2.61. The lowest BCUT2D eigenvalue weighted by molar-refractivity contribution is 0.241. The molecule has 1 aliphatic carbocycles. The van der Waals surface area contributed by atoms with Gasteiger partial charge in [0.25, 0.3) is 0 Å². The smallest absolute Gasteiger partial charge is 0.124 e. The van der Waals surface area contributed by atoms with Crippen LogP contribution in [0.5, 0.6) is 5.75 Å². The third-order valence-electron chi connectivity index (χ3n) is 4.03. The van der Waals surface area contributed by atoms with Crippen molar-refractivity contribution in [1.82, 2.24) is 5.32 Å². The molecule has 1 atom stereocenters. The lowest BCUT2D eigenvalue weighted by Gasteiger charge is -2.21. The number of aliphatic hydroxyl groups excluding tert-OH is 1. The molecule has 0 aromatic heterocycles. The van der Waals surface area contributed by atoms with Crippen molar-refractivity contribution in [2.45, 2.75) is 18.9 Å². The van der Waals surface area contributed by atoms with Gasteiger partial charge in [0.2, 0.25) is 0 Å². The predicted molar refractivity (Wildman–Crippen MR) is 81.1 cm³/mol. The van der Waals surface area contributed by atoms with E-state index in [0.29, 0.717) is 0 Å². The Bertz CT molecular complexity index is 593. The molecular weight excluding hydrogens is 250 g/mol. The van der Waals surface area contributed by atoms with Crippen LogP contribution < -0.4 is 10.1 Å². The van der Waals surface area contributed by atoms with Gasteiger partial charge in [-0.3, -0.25) is 0 Å². The van der Waals surface area contributed by atoms with Gasteiger partial charge in [0.1, 0.15) is 5.75 Å². The van der Waals surface area contributed by atoms with Crippen molar-refractivity contribution in [3.8, 4) is 5.75 Å². The number of aliphatic hydroxyl groups is 1. The van der Waals surface area contributed by atoms with Crippen LogP contribution in [0.2, 0.25) is 0 Å². The molecule has 106 valence electrons. The SMILES string of the molecule is COc1ccc2ccccc2c1C(CO)NCC1CC1. The molecule has 1 saturated carbocycles. The summed E-state index contributed by atoms with van der Waals surface area (Å²) in [6.45, 7) is 1.05. The molecular formula is C17H21NO2. The molecule has 3 rings (SSSR count). The molecule has 1 fully saturated rings. The predicted octanol–water partition coefficient (Wildman–Crippen LogP) is 2.88. The van der Waals surface area contributed by atoms with Crippen LogP contribution in [0, 0.1) is 5.92 Å². The number of ether oxygens (including phenoxy) is 1. The first-order valence-corrected chi connectivity index (χ1v) is 7.23. The average molecular weight is 271 g/mol. The van der Waals surface area contributed by atoms with Gasteiger partial charge in [-0.2, -0.15) is 0 Å². The molecule has 3 nitrogen and oxygen atoms in total. The van der Waals surface area contributed by atoms with Crippen molar-refractivity contribution >= 4 is 10.8 Å². The molecule has 2 aromatic carbocycles. The topological polar surface area (TPSA) is 41.5 Å². The van der Waals surface area contributed by atoms with Gasteiger partial charge in [0, 0.05) is 5.56 Å². The minimum absolute atomic E-state index is 0.0725. The minimum atomic E-state index is -0.0725. The zero-order valence-electron chi connectivity index (χ0n) is 11.8. The summed E-state index contributed by atoms with van der Waals surface area (Å²) in [7, 11) is 1.68. The first kappa shape index (κ1) is 13.4. The molecule has 20 heavy (non-hydrogen) atoms. The van der Waals surface area contributed by atoms with E-state index in [-0.39, 0.29) is 12.6 Å². The summed E-state index contributed by atoms with van der Waals surface area (Å²) in [5.74, 6) is 1.62. The number of hydrogen-bond acceptors (Lipinski definition) is 3. The van der Waals surface area contributed by atoms with Crippen LogP contribution in [0.15, 0.2) is 36.4 Å². The lowest BCUT2D eigenvalue weighted by atomic mass is 9.97. The summed E-state index contributed by atoms with van der Waals surface area (Å²) in [5, 5.41) is 15.6. The second-order valence-electron chi connectivity index (χ2n) is 5.49. The number of nitrogens with one attached hydrogen (secondary N) is 1. The van der Waals surface area contributed by atoms with Crippen LogP contribution in [-0.2, 0) is 0 Å². The van der Waals surface area contributed by atoms with Crippen molar-refractivity contribution in [3.63, 3.8) is 0 Å². The monoisotopic (exact) mass is 271 g/mol. The highest BCUT2D eigenvalue weighted by Crippen LogP contribution is 2.34. The van der Waals surface area contributed by atoms with Crippen LogP contribution in [0.1, 0.15) is 24.4 Å². The maximum Gasteiger partial charge on any atom is 0.124 e. The van der Waals surface area contributed by atoms with Crippen LogP contribution in [-0.4, -0.2) is 25.4 Å². The maximum atomic E-state index is 9.77. The maximum absolute atomic E-state index is 9.77. The van der Waals surface area contributed by atoms with E-state index in [0.717, 1.165) is 29.2 Å². The molecule has 3 heteroatoms. The molecule has 1 aliphatic rings. The van der Waals surface area contributed by atoms with E-state index < -0.39 is 0 Å². The van der Waals surface area contributed by atoms with Crippen molar-refractivity contribution in [2.75, 3.05) is 20.3 Å². The molecule has 0 amide bonds. The molecule has 0 aliphatic heterocycles. The summed E-state index contributed by atoms with van der Waals surface area (Å²) in [6, 6.07) is 12.2. The van der Waals surface area contributed by atoms with E-state index in [1.54, 1.807) is 7.11 Å². The quantitative estimate of drug-likeness (QED) is 0.849. The number of fused-ring (bicyclic) bond motifs is 1. The molecule has 2 N–H and O–H groups in total. The lowest BCUT2D eigenvalue weighted by Crippen LogP contribution is -2.27. The molecule has 0 saturated heterocycles. The van der Waals surface area contributed by atoms with E-state index in [1.807, 2.05) is 18.2 Å². The third-order valence-corrected chi connectivity index (χ3v) is 4.03. The Hall–Kier alpha value is -1.58. The van der Waals surface area contributed by atoms with E-state index in [1.165, 1.54) is 18.2 Å². The highest BCUT2D eigenvalue weighted by atomic mass is 16.5. The van der Waals surface area contributed by atoms with Crippen molar-refractivity contribution < 1.29 is 9.84 Å². The van der Waals surface area contributed by atoms with Gasteiger partial charge in [-0.15, -0.1) is 0 Å². The number of methoxy groups -OCH3 is 1. The van der Waals surface area contributed by atoms with Crippen molar-refractivity contribution in [2.24, 2.45) is 5.92 Å². The van der Waals surface area contributed by atoms with Gasteiger partial charge >= 0.3 is 0 Å². The molecule has 0 heterocycles. The van der Waals surface area contributed by atoms with Gasteiger partial charge in [0.05, 0.1) is 19.8 Å². The van der Waals surface area contributed by atoms with Crippen LogP contribution in [0.4, 0.5) is 0 Å². The molecule has 2 aromatic rings. The highest BCUT2D eigenvalue weighted by Gasteiger charge is 2.24. The van der Waals surface area contributed by atoms with Gasteiger partial charge in [-0.05, 0) is 42.1 Å². The number of rotatable bonds is 6. The Morgan fingerprint density at radius 1 is 1.25 bits per heavy atom. The van der Waals surface area contributed by atoms with Crippen LogP contribution in [0.3, 0.4) is 0 Å². The largest absolute Gasteiger partial charge is 0.496 e. The second kappa shape index (κ2) is 5.81. The van der Waals surface area contributed by atoms with Gasteiger partial charge in [-0.25, -0.2) is 0 Å². The van der Waals surface area contributed by atoms with Gasteiger partial charge in [0.15, 0.2) is 0 Å². The third kappa shape index (κ3) is 2.65. The Kier molecular flexibility index (Phi) is 3.90. The number of hydrogen-bond donors (Lipinski definition) is 2. The Labute approximate surface area is 119 Å². The second-order valence-corrected chi connectivity index (χ2v) is 5.49. The zero-order chi connectivity index (χ0) is 13.9. The highest BCUT2D eigenvalue weighted by molar-refractivity contribution is 5.88. The summed E-state index contributed by atoms with van der Waals surface area (Å²) in [5.41, 5.74) is 1.06. The fourth-order valence-corrected chi connectivity index (χ4v) is 2.70. The summed E-state index contributed by atoms with van der Waals surface area (Å²) < 4.78 is 5.51. The fraction of sp³-hybridized carbons (Fsp3) is 0.412. The summed E-state index contributed by atoms with van der Waals surface area (Å²) in [4.78, 5) is 0. The zero-order valence-corrected chi connectivity index (χ0v) is 11.8. The Morgan fingerprint density at radius 2 is 2.05 bits per heavy atom. The Balaban J connectivity index is 2.00. The molecule has 0 radical (unpaired) electrons. The normalized spacial score (nSPS) is 16.3. The van der Waals surface area contributed by atoms with Crippen molar-refractivity contribution in [1.29, 1.82) is 0 Å². The average Bonchev–Trinajstić information content (AvgIpc) is 3.32. The van der Waals surface area contributed by atoms with E-state index >= 15 is 0 Å². The van der Waals surface area contributed by atoms with Crippen LogP contribution in [0.25, 0.3) is 10.8 Å². The van der Waals surface area contributed by atoms with Crippen LogP contribution >= 0.6 is 0 Å². The van der Waals surface area contributed by atoms with Gasteiger partial charge in [-0.1, -0.05) is 30.3 Å². The van der Waals surface area contributed by atoms with E-state index in [9.17, 15) is 5.11 Å². The van der Waals surface area contributed by atoms with E-state index in [2.05, 4.69) is 23.5 Å². The van der Waals surface area contributed by atoms with Crippen molar-refractivity contribution in [3.05, 3.63) is 42.0 Å².